The molecule has 0 bridgehead atoms. The van der Waals surface area contributed by atoms with Gasteiger partial charge in [-0.25, -0.2) is 10.2 Å². The molecule has 4 aromatic carbocycles. The molecule has 0 saturated carbocycles. The molecule has 0 atom stereocenters. The van der Waals surface area contributed by atoms with Crippen LogP contribution in [0.1, 0.15) is 39.6 Å². The van der Waals surface area contributed by atoms with Crippen LogP contribution in [0.5, 0.6) is 17.2 Å². The van der Waals surface area contributed by atoms with Gasteiger partial charge in [-0.15, -0.1) is 0 Å². The van der Waals surface area contributed by atoms with Crippen molar-refractivity contribution in [2.75, 3.05) is 6.61 Å². The number of hydrogen-bond acceptors (Lipinski definition) is 6. The fourth-order valence-corrected chi connectivity index (χ4v) is 3.79. The van der Waals surface area contributed by atoms with Gasteiger partial charge in [-0.3, -0.25) is 4.79 Å². The molecular weight excluding hydrogens is 524 g/mol. The summed E-state index contributed by atoms with van der Waals surface area (Å²) >= 11 is 3.39. The average molecular weight is 547 g/mol. The van der Waals surface area contributed by atoms with Gasteiger partial charge in [0.05, 0.1) is 23.9 Å². The predicted octanol–water partition coefficient (Wildman–Crippen LogP) is 6.08. The van der Waals surface area contributed by atoms with Gasteiger partial charge in [-0.05, 0) is 71.8 Å². The molecule has 0 aliphatic carbocycles. The first-order valence-corrected chi connectivity index (χ1v) is 12.0. The Labute approximate surface area is 216 Å². The third-order valence-electron chi connectivity index (χ3n) is 5.22. The highest BCUT2D eigenvalue weighted by Crippen LogP contribution is 2.26. The van der Waals surface area contributed by atoms with Gasteiger partial charge in [0.1, 0.15) is 17.2 Å². The van der Waals surface area contributed by atoms with Crippen LogP contribution in [0.25, 0.3) is 10.8 Å². The third kappa shape index (κ3) is 6.09. The molecule has 182 valence electrons. The van der Waals surface area contributed by atoms with Crippen molar-refractivity contribution in [3.05, 3.63) is 100 Å². The Morgan fingerprint density at radius 1 is 1.00 bits per heavy atom. The van der Waals surface area contributed by atoms with Gasteiger partial charge >= 0.3 is 5.97 Å². The molecule has 8 heteroatoms. The molecule has 4 rings (SSSR count). The van der Waals surface area contributed by atoms with Crippen molar-refractivity contribution in [3.8, 4) is 17.2 Å². The molecule has 1 amide bonds. The van der Waals surface area contributed by atoms with Crippen LogP contribution in [0.2, 0.25) is 0 Å². The van der Waals surface area contributed by atoms with Crippen molar-refractivity contribution >= 4 is 44.8 Å². The van der Waals surface area contributed by atoms with Crippen LogP contribution in [0, 0.1) is 0 Å². The van der Waals surface area contributed by atoms with Crippen LogP contribution >= 0.6 is 15.9 Å². The largest absolute Gasteiger partial charge is 0.507 e. The summed E-state index contributed by atoms with van der Waals surface area (Å²) in [5.41, 5.74) is 3.33. The number of aromatic hydroxyl groups is 1. The van der Waals surface area contributed by atoms with Gasteiger partial charge in [0.15, 0.2) is 0 Å². The summed E-state index contributed by atoms with van der Waals surface area (Å²) in [5, 5.41) is 15.9. The number of hydrogen-bond donors (Lipinski definition) is 2. The smallest absolute Gasteiger partial charge is 0.343 e. The van der Waals surface area contributed by atoms with Crippen molar-refractivity contribution < 1.29 is 24.2 Å². The quantitative estimate of drug-likeness (QED) is 0.121. The Bertz CT molecular complexity index is 1430. The van der Waals surface area contributed by atoms with Gasteiger partial charge in [-0.1, -0.05) is 47.1 Å². The molecule has 0 radical (unpaired) electrons. The number of halogens is 1. The Kier molecular flexibility index (Phi) is 7.97. The van der Waals surface area contributed by atoms with E-state index in [0.717, 1.165) is 21.7 Å². The molecule has 36 heavy (non-hydrogen) atoms. The predicted molar refractivity (Wildman–Crippen MR) is 142 cm³/mol. The van der Waals surface area contributed by atoms with Gasteiger partial charge in [-0.2, -0.15) is 5.10 Å². The number of esters is 1. The normalized spacial score (nSPS) is 10.9. The van der Waals surface area contributed by atoms with Crippen LogP contribution in [0.3, 0.4) is 0 Å². The first-order chi connectivity index (χ1) is 17.4. The van der Waals surface area contributed by atoms with E-state index in [2.05, 4.69) is 26.5 Å². The number of carbonyl (C=O) groups is 2. The number of nitrogens with one attached hydrogen (secondary N) is 1. The summed E-state index contributed by atoms with van der Waals surface area (Å²) in [6, 6.07) is 22.3. The molecule has 0 aromatic heterocycles. The standard InChI is InChI=1S/C28H23BrN2O5/c1-2-13-35-23-10-7-18(8-11-23)28(34)36-26-12-9-22(29)14-21(26)17-30-31-27(33)24-15-19-5-3-4-6-20(19)16-25(24)32/h3-12,14-17,32H,2,13H2,1H3,(H,31,33). The number of hydrazone groups is 1. The van der Waals surface area contributed by atoms with Gasteiger partial charge in [0.2, 0.25) is 0 Å². The third-order valence-corrected chi connectivity index (χ3v) is 5.71. The summed E-state index contributed by atoms with van der Waals surface area (Å²) in [7, 11) is 0. The minimum absolute atomic E-state index is 0.0955. The van der Waals surface area contributed by atoms with E-state index in [-0.39, 0.29) is 17.1 Å². The second-order valence-corrected chi connectivity index (χ2v) is 8.78. The molecule has 4 aromatic rings. The molecule has 7 nitrogen and oxygen atoms in total. The monoisotopic (exact) mass is 546 g/mol. The minimum atomic E-state index is -0.576. The number of nitrogens with zero attached hydrogens (tertiary/aromatic N) is 1. The van der Waals surface area contributed by atoms with Crippen LogP contribution < -0.4 is 14.9 Å². The Morgan fingerprint density at radius 2 is 1.72 bits per heavy atom. The second kappa shape index (κ2) is 11.5. The fraction of sp³-hybridized carbons (Fsp3) is 0.107. The van der Waals surface area contributed by atoms with Crippen LogP contribution in [0.4, 0.5) is 0 Å². The van der Waals surface area contributed by atoms with E-state index >= 15 is 0 Å². The van der Waals surface area contributed by atoms with E-state index in [4.69, 9.17) is 9.47 Å². The summed E-state index contributed by atoms with van der Waals surface area (Å²) in [5.74, 6) is -0.323. The molecule has 0 saturated heterocycles. The Hall–Kier alpha value is -4.17. The summed E-state index contributed by atoms with van der Waals surface area (Å²) in [4.78, 5) is 25.3. The zero-order valence-corrected chi connectivity index (χ0v) is 21.0. The number of carbonyl (C=O) groups excluding carboxylic acids is 2. The van der Waals surface area contributed by atoms with Crippen molar-refractivity contribution in [1.29, 1.82) is 0 Å². The summed E-state index contributed by atoms with van der Waals surface area (Å²) < 4.78 is 11.8. The average Bonchev–Trinajstić information content (AvgIpc) is 2.88. The van der Waals surface area contributed by atoms with Crippen molar-refractivity contribution in [2.45, 2.75) is 13.3 Å². The summed E-state index contributed by atoms with van der Waals surface area (Å²) in [6.07, 6.45) is 2.26. The zero-order chi connectivity index (χ0) is 25.5. The molecule has 0 aliphatic heterocycles. The maximum atomic E-state index is 12.7. The maximum Gasteiger partial charge on any atom is 0.343 e. The highest BCUT2D eigenvalue weighted by atomic mass is 79.9. The van der Waals surface area contributed by atoms with E-state index in [0.29, 0.717) is 23.5 Å². The molecule has 0 unspecified atom stereocenters. The highest BCUT2D eigenvalue weighted by molar-refractivity contribution is 9.10. The van der Waals surface area contributed by atoms with Crippen molar-refractivity contribution in [2.24, 2.45) is 5.10 Å². The van der Waals surface area contributed by atoms with Crippen molar-refractivity contribution in [1.82, 2.24) is 5.43 Å². The molecule has 0 aliphatic rings. The Balaban J connectivity index is 1.47. The van der Waals surface area contributed by atoms with Crippen LogP contribution in [-0.2, 0) is 0 Å². The molecular formula is C28H23BrN2O5. The lowest BCUT2D eigenvalue weighted by Crippen LogP contribution is -2.18. The number of ether oxygens (including phenoxy) is 2. The van der Waals surface area contributed by atoms with E-state index in [9.17, 15) is 14.7 Å². The number of amides is 1. The molecule has 2 N–H and O–H groups in total. The Morgan fingerprint density at radius 3 is 2.44 bits per heavy atom. The highest BCUT2D eigenvalue weighted by Gasteiger charge is 2.14. The van der Waals surface area contributed by atoms with Crippen molar-refractivity contribution in [3.63, 3.8) is 0 Å². The lowest BCUT2D eigenvalue weighted by Gasteiger charge is -2.09. The van der Waals surface area contributed by atoms with Gasteiger partial charge in [0.25, 0.3) is 5.91 Å². The van der Waals surface area contributed by atoms with Crippen LogP contribution in [0.15, 0.2) is 88.4 Å². The number of benzene rings is 4. The number of phenols is 1. The first-order valence-electron chi connectivity index (χ1n) is 11.2. The second-order valence-electron chi connectivity index (χ2n) is 7.86. The van der Waals surface area contributed by atoms with E-state index < -0.39 is 11.9 Å². The van der Waals surface area contributed by atoms with Gasteiger partial charge in [0, 0.05) is 10.0 Å². The van der Waals surface area contributed by atoms with E-state index in [1.165, 1.54) is 12.3 Å². The van der Waals surface area contributed by atoms with E-state index in [1.54, 1.807) is 48.5 Å². The molecule has 0 heterocycles. The zero-order valence-electron chi connectivity index (χ0n) is 19.4. The summed E-state index contributed by atoms with van der Waals surface area (Å²) in [6.45, 7) is 2.62. The lowest BCUT2D eigenvalue weighted by atomic mass is 10.1. The first kappa shape index (κ1) is 24.9. The maximum absolute atomic E-state index is 12.7. The van der Waals surface area contributed by atoms with E-state index in [1.807, 2.05) is 31.2 Å². The fourth-order valence-electron chi connectivity index (χ4n) is 3.41. The molecule has 0 fully saturated rings. The molecule has 0 spiro atoms. The number of phenolic OH excluding ortho intramolecular Hbond substituents is 1. The number of fused-ring (bicyclic) bond motifs is 1. The lowest BCUT2D eigenvalue weighted by molar-refractivity contribution is 0.0734. The van der Waals surface area contributed by atoms with Crippen LogP contribution in [-0.4, -0.2) is 29.8 Å². The number of rotatable bonds is 8. The van der Waals surface area contributed by atoms with Gasteiger partial charge < -0.3 is 14.6 Å². The SMILES string of the molecule is CCCOc1ccc(C(=O)Oc2ccc(Br)cc2C=NNC(=O)c2cc3ccccc3cc2O)cc1. The minimum Gasteiger partial charge on any atom is -0.507 e. The topological polar surface area (TPSA) is 97.2 Å².